The number of thiazole rings is 1. The van der Waals surface area contributed by atoms with E-state index >= 15 is 0 Å². The quantitative estimate of drug-likeness (QED) is 0.901. The van der Waals surface area contributed by atoms with Gasteiger partial charge < -0.3 is 14.9 Å². The average Bonchev–Trinajstić information content (AvgIpc) is 2.95. The van der Waals surface area contributed by atoms with Crippen molar-refractivity contribution < 1.29 is 9.90 Å². The second-order valence-corrected chi connectivity index (χ2v) is 8.44. The third-order valence-electron chi connectivity index (χ3n) is 4.76. The summed E-state index contributed by atoms with van der Waals surface area (Å²) in [6.45, 7) is 7.61. The first-order chi connectivity index (χ1) is 10.9. The molecule has 2 aliphatic heterocycles. The Labute approximate surface area is 142 Å². The van der Waals surface area contributed by atoms with Gasteiger partial charge in [0.2, 0.25) is 0 Å². The molecule has 2 aliphatic rings. The Morgan fingerprint density at radius 2 is 2.04 bits per heavy atom. The van der Waals surface area contributed by atoms with E-state index in [0.29, 0.717) is 25.2 Å². The summed E-state index contributed by atoms with van der Waals surface area (Å²) >= 11 is 1.57. The molecule has 1 amide bonds. The maximum atomic E-state index is 12.8. The number of nitrogens with zero attached hydrogens (tertiary/aromatic N) is 3. The van der Waals surface area contributed by atoms with Gasteiger partial charge in [-0.25, -0.2) is 4.98 Å². The largest absolute Gasteiger partial charge is 0.393 e. The minimum atomic E-state index is -0.317. The van der Waals surface area contributed by atoms with Crippen molar-refractivity contribution in [2.45, 2.75) is 52.1 Å². The Kier molecular flexibility index (Phi) is 4.92. The van der Waals surface area contributed by atoms with Crippen LogP contribution in [-0.2, 0) is 0 Å². The molecule has 3 heterocycles. The van der Waals surface area contributed by atoms with E-state index in [1.807, 2.05) is 10.3 Å². The van der Waals surface area contributed by atoms with E-state index in [0.717, 1.165) is 24.6 Å². The molecule has 0 bridgehead atoms. The summed E-state index contributed by atoms with van der Waals surface area (Å²) in [5.41, 5.74) is 0.500. The number of anilines is 1. The number of amides is 1. The van der Waals surface area contributed by atoms with Gasteiger partial charge >= 0.3 is 0 Å². The van der Waals surface area contributed by atoms with Gasteiger partial charge in [-0.1, -0.05) is 13.8 Å². The number of aliphatic hydroxyl groups is 1. The third-order valence-corrected chi connectivity index (χ3v) is 5.67. The van der Waals surface area contributed by atoms with Crippen LogP contribution in [0, 0.1) is 5.41 Å². The van der Waals surface area contributed by atoms with Crippen molar-refractivity contribution in [3.8, 4) is 0 Å². The third kappa shape index (κ3) is 4.04. The Morgan fingerprint density at radius 1 is 1.30 bits per heavy atom. The van der Waals surface area contributed by atoms with E-state index in [9.17, 15) is 9.90 Å². The summed E-state index contributed by atoms with van der Waals surface area (Å²) in [4.78, 5) is 21.6. The first kappa shape index (κ1) is 16.7. The molecule has 128 valence electrons. The van der Waals surface area contributed by atoms with Crippen molar-refractivity contribution >= 4 is 22.4 Å². The van der Waals surface area contributed by atoms with Crippen molar-refractivity contribution in [2.24, 2.45) is 5.41 Å². The summed E-state index contributed by atoms with van der Waals surface area (Å²) in [6.07, 6.45) is 4.79. The van der Waals surface area contributed by atoms with Crippen molar-refractivity contribution in [1.82, 2.24) is 9.88 Å². The fourth-order valence-corrected chi connectivity index (χ4v) is 4.49. The van der Waals surface area contributed by atoms with E-state index in [-0.39, 0.29) is 17.4 Å². The molecule has 6 heteroatoms. The van der Waals surface area contributed by atoms with Crippen LogP contribution in [0.4, 0.5) is 5.13 Å². The molecule has 1 aromatic heterocycles. The smallest absolute Gasteiger partial charge is 0.273 e. The van der Waals surface area contributed by atoms with Gasteiger partial charge in [-0.3, -0.25) is 4.79 Å². The number of aromatic nitrogens is 1. The summed E-state index contributed by atoms with van der Waals surface area (Å²) in [5.74, 6) is 0.00619. The first-order valence-corrected chi connectivity index (χ1v) is 9.50. The molecule has 0 radical (unpaired) electrons. The zero-order valence-corrected chi connectivity index (χ0v) is 14.9. The molecule has 3 rings (SSSR count). The van der Waals surface area contributed by atoms with Gasteiger partial charge in [0.15, 0.2) is 5.13 Å². The highest BCUT2D eigenvalue weighted by Gasteiger charge is 2.32. The zero-order valence-electron chi connectivity index (χ0n) is 14.1. The number of aliphatic hydroxyl groups excluding tert-OH is 1. The van der Waals surface area contributed by atoms with Gasteiger partial charge in [0.1, 0.15) is 5.69 Å². The maximum Gasteiger partial charge on any atom is 0.273 e. The van der Waals surface area contributed by atoms with E-state index in [1.165, 1.54) is 19.3 Å². The number of carbonyl (C=O) groups is 1. The number of carbonyl (C=O) groups excluding carboxylic acids is 1. The number of likely N-dealkylation sites (tertiary alicyclic amines) is 1. The number of piperidine rings is 1. The standard InChI is InChI=1S/C17H27N3O2S/c1-17(2)10-13(21)6-9-20(12-17)15(22)14-11-23-16(18-14)19-7-4-3-5-8-19/h11,13,21H,3-10,12H2,1-2H3. The molecule has 1 unspecified atom stereocenters. The second kappa shape index (κ2) is 6.77. The SMILES string of the molecule is CC1(C)CC(O)CCN(C(=O)c2csc(N3CCCCC3)n2)C1. The van der Waals surface area contributed by atoms with Crippen LogP contribution < -0.4 is 4.90 Å². The topological polar surface area (TPSA) is 56.7 Å². The number of hydrogen-bond donors (Lipinski definition) is 1. The van der Waals surface area contributed by atoms with Crippen molar-refractivity contribution in [2.75, 3.05) is 31.1 Å². The molecule has 23 heavy (non-hydrogen) atoms. The minimum absolute atomic E-state index is 0.00619. The fourth-order valence-electron chi connectivity index (χ4n) is 3.63. The van der Waals surface area contributed by atoms with Crippen molar-refractivity contribution in [3.05, 3.63) is 11.1 Å². The van der Waals surface area contributed by atoms with Gasteiger partial charge in [-0.05, 0) is 37.5 Å². The van der Waals surface area contributed by atoms with Crippen LogP contribution in [0.3, 0.4) is 0 Å². The predicted molar refractivity (Wildman–Crippen MR) is 93.1 cm³/mol. The molecule has 0 aliphatic carbocycles. The van der Waals surface area contributed by atoms with Crippen molar-refractivity contribution in [3.63, 3.8) is 0 Å². The van der Waals surface area contributed by atoms with Crippen LogP contribution in [0.25, 0.3) is 0 Å². The molecule has 1 atom stereocenters. The van der Waals surface area contributed by atoms with E-state index in [4.69, 9.17) is 0 Å². The van der Waals surface area contributed by atoms with Gasteiger partial charge in [0.05, 0.1) is 6.10 Å². The highest BCUT2D eigenvalue weighted by Crippen LogP contribution is 2.30. The molecule has 5 nitrogen and oxygen atoms in total. The van der Waals surface area contributed by atoms with E-state index < -0.39 is 0 Å². The van der Waals surface area contributed by atoms with Crippen LogP contribution in [0.1, 0.15) is 56.4 Å². The van der Waals surface area contributed by atoms with Crippen LogP contribution in [0.2, 0.25) is 0 Å². The normalized spacial score (nSPS) is 25.3. The molecule has 2 saturated heterocycles. The summed E-state index contributed by atoms with van der Waals surface area (Å²) in [7, 11) is 0. The highest BCUT2D eigenvalue weighted by molar-refractivity contribution is 7.13. The lowest BCUT2D eigenvalue weighted by molar-refractivity contribution is 0.0700. The van der Waals surface area contributed by atoms with Crippen LogP contribution >= 0.6 is 11.3 Å². The van der Waals surface area contributed by atoms with E-state index in [1.54, 1.807) is 11.3 Å². The zero-order chi connectivity index (χ0) is 16.4. The van der Waals surface area contributed by atoms with Gasteiger partial charge in [-0.2, -0.15) is 0 Å². The molecule has 1 aromatic rings. The van der Waals surface area contributed by atoms with Crippen molar-refractivity contribution in [1.29, 1.82) is 0 Å². The lowest BCUT2D eigenvalue weighted by atomic mass is 9.87. The summed E-state index contributed by atoms with van der Waals surface area (Å²) in [5, 5.41) is 12.9. The van der Waals surface area contributed by atoms with Crippen LogP contribution in [0.5, 0.6) is 0 Å². The van der Waals surface area contributed by atoms with Gasteiger partial charge in [0, 0.05) is 31.6 Å². The second-order valence-electron chi connectivity index (χ2n) is 7.60. The number of hydrogen-bond acceptors (Lipinski definition) is 5. The molecular weight excluding hydrogens is 310 g/mol. The average molecular weight is 337 g/mol. The van der Waals surface area contributed by atoms with Crippen LogP contribution in [-0.4, -0.2) is 53.2 Å². The minimum Gasteiger partial charge on any atom is -0.393 e. The maximum absolute atomic E-state index is 12.8. The number of rotatable bonds is 2. The Balaban J connectivity index is 1.71. The molecule has 0 aromatic carbocycles. The van der Waals surface area contributed by atoms with Crippen LogP contribution in [0.15, 0.2) is 5.38 Å². The Bertz CT molecular complexity index is 552. The molecule has 1 N–H and O–H groups in total. The lowest BCUT2D eigenvalue weighted by Gasteiger charge is -2.29. The lowest BCUT2D eigenvalue weighted by Crippen LogP contribution is -2.38. The van der Waals surface area contributed by atoms with E-state index in [2.05, 4.69) is 23.7 Å². The molecule has 0 saturated carbocycles. The molecular formula is C17H27N3O2S. The molecule has 2 fully saturated rings. The van der Waals surface area contributed by atoms with Gasteiger partial charge in [-0.15, -0.1) is 11.3 Å². The predicted octanol–water partition coefficient (Wildman–Crippen LogP) is 2.76. The Morgan fingerprint density at radius 3 is 2.78 bits per heavy atom. The summed E-state index contributed by atoms with van der Waals surface area (Å²) in [6, 6.07) is 0. The van der Waals surface area contributed by atoms with Gasteiger partial charge in [0.25, 0.3) is 5.91 Å². The Hall–Kier alpha value is -1.14. The molecule has 0 spiro atoms. The monoisotopic (exact) mass is 337 g/mol. The fraction of sp³-hybridized carbons (Fsp3) is 0.765. The summed E-state index contributed by atoms with van der Waals surface area (Å²) < 4.78 is 0. The highest BCUT2D eigenvalue weighted by atomic mass is 32.1. The first-order valence-electron chi connectivity index (χ1n) is 8.62.